The molecule has 0 aliphatic heterocycles. The van der Waals surface area contributed by atoms with Crippen LogP contribution in [0.25, 0.3) is 117 Å². The van der Waals surface area contributed by atoms with Crippen LogP contribution in [-0.2, 0) is 0 Å². The summed E-state index contributed by atoms with van der Waals surface area (Å²) in [6, 6.07) is 56.1. The van der Waals surface area contributed by atoms with Crippen molar-refractivity contribution in [3.05, 3.63) is 176 Å². The van der Waals surface area contributed by atoms with Gasteiger partial charge in [-0.25, -0.2) is 15.0 Å². The number of nitrogens with zero attached hydrogens (tertiary/aromatic N) is 5. The van der Waals surface area contributed by atoms with E-state index in [9.17, 15) is 0 Å². The molecule has 0 saturated carbocycles. The van der Waals surface area contributed by atoms with Crippen molar-refractivity contribution in [1.29, 1.82) is 0 Å². The third-order valence-corrected chi connectivity index (χ3v) is 11.0. The average Bonchev–Trinajstić information content (AvgIpc) is 3.96. The van der Waals surface area contributed by atoms with Crippen LogP contribution in [0.1, 0.15) is 0 Å². The predicted octanol–water partition coefficient (Wildman–Crippen LogP) is 12.8. The second-order valence-electron chi connectivity index (χ2n) is 14.2. The highest BCUT2D eigenvalue weighted by Crippen LogP contribution is 2.41. The highest BCUT2D eigenvalue weighted by atomic mass is 16.3. The number of hydrogen-bond acceptors (Lipinski definition) is 6. The molecule has 0 saturated heterocycles. The molecule has 0 unspecified atom stereocenters. The Labute approximate surface area is 325 Å². The van der Waals surface area contributed by atoms with Gasteiger partial charge in [0.1, 0.15) is 22.3 Å². The monoisotopic (exact) mass is 731 g/mol. The molecule has 57 heavy (non-hydrogen) atoms. The lowest BCUT2D eigenvalue weighted by molar-refractivity contribution is 0.668. The predicted molar refractivity (Wildman–Crippen MR) is 228 cm³/mol. The fourth-order valence-electron chi connectivity index (χ4n) is 8.41. The average molecular weight is 732 g/mol. The second-order valence-corrected chi connectivity index (χ2v) is 14.2. The molecule has 5 aromatic heterocycles. The lowest BCUT2D eigenvalue weighted by Gasteiger charge is -2.13. The number of fused-ring (bicyclic) bond motifs is 9. The van der Waals surface area contributed by atoms with Gasteiger partial charge in [-0.3, -0.25) is 4.98 Å². The molecule has 7 aromatic carbocycles. The zero-order valence-corrected chi connectivity index (χ0v) is 30.3. The standard InChI is InChI=1S/C50H29N5O2/c1-2-17-39(33(13-1)38-18-10-22-45-47(38)40-29-51-26-25-44(40)56-45)50-53-48(52-49(54-50)31-23-24-37-36-16-5-8-21-43(36)57-46(37)28-31)30-11-9-12-32(27-30)55-41-19-6-3-14-34(41)35-15-4-7-20-42(35)55/h1-29H. The first-order valence-corrected chi connectivity index (χ1v) is 18.9. The van der Waals surface area contributed by atoms with Gasteiger partial charge in [-0.1, -0.05) is 109 Å². The Bertz CT molecular complexity index is 3500. The highest BCUT2D eigenvalue weighted by molar-refractivity contribution is 6.13. The summed E-state index contributed by atoms with van der Waals surface area (Å²) in [5.41, 5.74) is 11.1. The molecule has 0 N–H and O–H groups in total. The fourth-order valence-corrected chi connectivity index (χ4v) is 8.41. The summed E-state index contributed by atoms with van der Waals surface area (Å²) in [6.45, 7) is 0. The van der Waals surface area contributed by atoms with Crippen molar-refractivity contribution >= 4 is 65.7 Å². The van der Waals surface area contributed by atoms with E-state index >= 15 is 0 Å². The Morgan fingerprint density at radius 1 is 0.386 bits per heavy atom. The Morgan fingerprint density at radius 3 is 1.81 bits per heavy atom. The van der Waals surface area contributed by atoms with E-state index in [1.165, 1.54) is 10.8 Å². The Hall–Kier alpha value is -7.90. The minimum atomic E-state index is 0.547. The lowest BCUT2D eigenvalue weighted by Crippen LogP contribution is -2.02. The van der Waals surface area contributed by atoms with Crippen molar-refractivity contribution in [2.24, 2.45) is 0 Å². The van der Waals surface area contributed by atoms with Gasteiger partial charge in [0.05, 0.1) is 11.0 Å². The van der Waals surface area contributed by atoms with Gasteiger partial charge >= 0.3 is 0 Å². The fraction of sp³-hybridized carbons (Fsp3) is 0. The number of rotatable bonds is 5. The van der Waals surface area contributed by atoms with Crippen LogP contribution in [0.5, 0.6) is 0 Å². The van der Waals surface area contributed by atoms with E-state index < -0.39 is 0 Å². The molecule has 0 fully saturated rings. The van der Waals surface area contributed by atoms with Crippen LogP contribution >= 0.6 is 0 Å². The van der Waals surface area contributed by atoms with E-state index in [0.29, 0.717) is 17.5 Å². The third kappa shape index (κ3) is 4.92. The van der Waals surface area contributed by atoms with Gasteiger partial charge in [0.25, 0.3) is 0 Å². The molecule has 0 aliphatic carbocycles. The topological polar surface area (TPSA) is 82.8 Å². The van der Waals surface area contributed by atoms with Crippen LogP contribution in [0.15, 0.2) is 185 Å². The maximum absolute atomic E-state index is 6.33. The van der Waals surface area contributed by atoms with E-state index in [-0.39, 0.29) is 0 Å². The number of para-hydroxylation sites is 3. The van der Waals surface area contributed by atoms with Crippen LogP contribution in [0, 0.1) is 0 Å². The number of aromatic nitrogens is 5. The third-order valence-electron chi connectivity index (χ3n) is 11.0. The van der Waals surface area contributed by atoms with Gasteiger partial charge in [-0.15, -0.1) is 0 Å². The maximum Gasteiger partial charge on any atom is 0.164 e. The molecule has 0 amide bonds. The van der Waals surface area contributed by atoms with Gasteiger partial charge in [0, 0.05) is 67.1 Å². The highest BCUT2D eigenvalue weighted by Gasteiger charge is 2.20. The van der Waals surface area contributed by atoms with Gasteiger partial charge in [0.15, 0.2) is 17.5 Å². The van der Waals surface area contributed by atoms with E-state index in [4.69, 9.17) is 23.8 Å². The van der Waals surface area contributed by atoms with Crippen molar-refractivity contribution in [2.45, 2.75) is 0 Å². The molecule has 0 atom stereocenters. The SMILES string of the molecule is c1cc(-c2nc(-c3ccc4c(c3)oc3ccccc34)nc(-c3ccccc3-c3cccc4oc5ccncc5c34)n2)cc(-n2c3ccccc3c3ccccc32)c1. The molecule has 0 aliphatic rings. The summed E-state index contributed by atoms with van der Waals surface area (Å²) < 4.78 is 14.9. The molecule has 7 nitrogen and oxygen atoms in total. The van der Waals surface area contributed by atoms with Crippen LogP contribution in [0.2, 0.25) is 0 Å². The Balaban J connectivity index is 1.09. The zero-order chi connectivity index (χ0) is 37.5. The summed E-state index contributed by atoms with van der Waals surface area (Å²) in [7, 11) is 0. The molecule has 7 heteroatoms. The van der Waals surface area contributed by atoms with Crippen LogP contribution < -0.4 is 0 Å². The number of pyridine rings is 1. The second kappa shape index (κ2) is 12.3. The van der Waals surface area contributed by atoms with Crippen LogP contribution in [0.4, 0.5) is 0 Å². The van der Waals surface area contributed by atoms with Crippen molar-refractivity contribution in [1.82, 2.24) is 24.5 Å². The molecular formula is C50H29N5O2. The molecule has 266 valence electrons. The van der Waals surface area contributed by atoms with E-state index in [0.717, 1.165) is 88.4 Å². The summed E-state index contributed by atoms with van der Waals surface area (Å²) in [4.78, 5) is 20.1. The van der Waals surface area contributed by atoms with Gasteiger partial charge < -0.3 is 13.4 Å². The Morgan fingerprint density at radius 2 is 0.982 bits per heavy atom. The molecule has 0 bridgehead atoms. The minimum absolute atomic E-state index is 0.547. The first-order chi connectivity index (χ1) is 28.2. The van der Waals surface area contributed by atoms with Crippen LogP contribution in [0.3, 0.4) is 0 Å². The van der Waals surface area contributed by atoms with E-state index in [2.05, 4.69) is 119 Å². The molecule has 0 radical (unpaired) electrons. The first kappa shape index (κ1) is 31.5. The van der Waals surface area contributed by atoms with Crippen molar-refractivity contribution < 1.29 is 8.83 Å². The molecule has 0 spiro atoms. The maximum atomic E-state index is 6.33. The quantitative estimate of drug-likeness (QED) is 0.175. The van der Waals surface area contributed by atoms with Crippen molar-refractivity contribution in [3.8, 4) is 51.0 Å². The first-order valence-electron chi connectivity index (χ1n) is 18.9. The summed E-state index contributed by atoms with van der Waals surface area (Å²) in [5, 5.41) is 6.48. The van der Waals surface area contributed by atoms with Crippen molar-refractivity contribution in [2.75, 3.05) is 0 Å². The number of benzene rings is 7. The molecular weight excluding hydrogens is 703 g/mol. The Kier molecular flexibility index (Phi) is 6.79. The summed E-state index contributed by atoms with van der Waals surface area (Å²) >= 11 is 0. The summed E-state index contributed by atoms with van der Waals surface area (Å²) in [5.74, 6) is 1.67. The minimum Gasteiger partial charge on any atom is -0.456 e. The largest absolute Gasteiger partial charge is 0.456 e. The van der Waals surface area contributed by atoms with Gasteiger partial charge in [-0.2, -0.15) is 0 Å². The normalized spacial score (nSPS) is 11.9. The van der Waals surface area contributed by atoms with Crippen LogP contribution in [-0.4, -0.2) is 24.5 Å². The number of hydrogen-bond donors (Lipinski definition) is 0. The van der Waals surface area contributed by atoms with E-state index in [1.54, 1.807) is 6.20 Å². The molecule has 12 rings (SSSR count). The van der Waals surface area contributed by atoms with E-state index in [1.807, 2.05) is 60.8 Å². The number of furan rings is 2. The van der Waals surface area contributed by atoms with Gasteiger partial charge in [0.2, 0.25) is 0 Å². The van der Waals surface area contributed by atoms with Crippen molar-refractivity contribution in [3.63, 3.8) is 0 Å². The molecule has 12 aromatic rings. The lowest BCUT2D eigenvalue weighted by atomic mass is 9.95. The van der Waals surface area contributed by atoms with Gasteiger partial charge in [-0.05, 0) is 65.7 Å². The zero-order valence-electron chi connectivity index (χ0n) is 30.3. The molecule has 5 heterocycles. The smallest absolute Gasteiger partial charge is 0.164 e. The summed E-state index contributed by atoms with van der Waals surface area (Å²) in [6.07, 6.45) is 3.62.